The van der Waals surface area contributed by atoms with Crippen molar-refractivity contribution in [3.63, 3.8) is 0 Å². The number of rotatable bonds is 4. The molecule has 1 aromatic rings. The minimum atomic E-state index is 0.586. The lowest BCUT2D eigenvalue weighted by Crippen LogP contribution is -2.26. The van der Waals surface area contributed by atoms with Gasteiger partial charge in [0.15, 0.2) is 0 Å². The molecule has 90 valence electrons. The van der Waals surface area contributed by atoms with Gasteiger partial charge in [-0.05, 0) is 54.2 Å². The van der Waals surface area contributed by atoms with Gasteiger partial charge < -0.3 is 5.32 Å². The average Bonchev–Trinajstić information content (AvgIpc) is 2.86. The van der Waals surface area contributed by atoms with E-state index in [-0.39, 0.29) is 0 Å². The number of aryl methyl sites for hydroxylation is 1. The van der Waals surface area contributed by atoms with Crippen molar-refractivity contribution in [1.82, 2.24) is 5.32 Å². The quantitative estimate of drug-likeness (QED) is 0.853. The summed E-state index contributed by atoms with van der Waals surface area (Å²) in [4.78, 5) is 2.91. The van der Waals surface area contributed by atoms with Crippen LogP contribution in [0.15, 0.2) is 10.5 Å². The van der Waals surface area contributed by atoms with Crippen molar-refractivity contribution < 1.29 is 0 Å². The highest BCUT2D eigenvalue weighted by Crippen LogP contribution is 2.40. The van der Waals surface area contributed by atoms with Crippen molar-refractivity contribution in [2.45, 2.75) is 45.6 Å². The molecular formula is C13H20BrNS. The Labute approximate surface area is 111 Å². The van der Waals surface area contributed by atoms with E-state index in [1.165, 1.54) is 39.9 Å². The molecule has 0 spiro atoms. The monoisotopic (exact) mass is 301 g/mol. The molecule has 1 aliphatic carbocycles. The highest BCUT2D eigenvalue weighted by Gasteiger charge is 2.27. The molecule has 1 aromatic heterocycles. The fourth-order valence-corrected chi connectivity index (χ4v) is 4.38. The minimum absolute atomic E-state index is 0.586. The second kappa shape index (κ2) is 5.65. The van der Waals surface area contributed by atoms with E-state index in [0.29, 0.717) is 6.04 Å². The molecule has 1 atom stereocenters. The summed E-state index contributed by atoms with van der Waals surface area (Å²) in [7, 11) is 0. The first kappa shape index (κ1) is 12.6. The van der Waals surface area contributed by atoms with Gasteiger partial charge in [0.1, 0.15) is 0 Å². The molecule has 0 amide bonds. The highest BCUT2D eigenvalue weighted by atomic mass is 79.9. The third-order valence-corrected chi connectivity index (χ3v) is 5.70. The predicted octanol–water partition coefficient (Wildman–Crippen LogP) is 4.66. The van der Waals surface area contributed by atoms with Crippen LogP contribution in [0, 0.1) is 12.8 Å². The Balaban J connectivity index is 2.17. The van der Waals surface area contributed by atoms with Crippen molar-refractivity contribution >= 4 is 27.3 Å². The van der Waals surface area contributed by atoms with Crippen LogP contribution in [-0.2, 0) is 0 Å². The van der Waals surface area contributed by atoms with Crippen LogP contribution < -0.4 is 5.32 Å². The van der Waals surface area contributed by atoms with E-state index in [2.05, 4.69) is 41.2 Å². The summed E-state index contributed by atoms with van der Waals surface area (Å²) in [6.07, 6.45) is 5.62. The summed E-state index contributed by atoms with van der Waals surface area (Å²) in [5.41, 5.74) is 0. The van der Waals surface area contributed by atoms with Crippen LogP contribution in [0.1, 0.15) is 48.4 Å². The molecular weight excluding hydrogens is 282 g/mol. The molecule has 0 aromatic carbocycles. The average molecular weight is 302 g/mol. The molecule has 0 bridgehead atoms. The Morgan fingerprint density at radius 2 is 2.19 bits per heavy atom. The van der Waals surface area contributed by atoms with E-state index < -0.39 is 0 Å². The van der Waals surface area contributed by atoms with E-state index >= 15 is 0 Å². The molecule has 1 nitrogen and oxygen atoms in total. The van der Waals surface area contributed by atoms with Gasteiger partial charge in [0.05, 0.1) is 0 Å². The summed E-state index contributed by atoms with van der Waals surface area (Å²) >= 11 is 5.57. The summed E-state index contributed by atoms with van der Waals surface area (Å²) in [5.74, 6) is 0.852. The standard InChI is InChI=1S/C13H20BrNS/c1-3-15-13(10-6-4-5-7-10)12-8-11(14)9(2)16-12/h8,10,13,15H,3-7H2,1-2H3. The van der Waals surface area contributed by atoms with E-state index in [4.69, 9.17) is 0 Å². The molecule has 1 heterocycles. The second-order valence-corrected chi connectivity index (χ2v) is 6.78. The molecule has 1 unspecified atom stereocenters. The smallest absolute Gasteiger partial charge is 0.0443 e. The zero-order valence-corrected chi connectivity index (χ0v) is 12.5. The van der Waals surface area contributed by atoms with Gasteiger partial charge in [-0.25, -0.2) is 0 Å². The second-order valence-electron chi connectivity index (χ2n) is 4.63. The summed E-state index contributed by atoms with van der Waals surface area (Å²) in [5, 5.41) is 3.67. The number of hydrogen-bond donors (Lipinski definition) is 1. The van der Waals surface area contributed by atoms with Crippen LogP contribution in [0.5, 0.6) is 0 Å². The Kier molecular flexibility index (Phi) is 4.45. The maximum atomic E-state index is 3.67. The molecule has 0 radical (unpaired) electrons. The number of halogens is 1. The zero-order valence-electron chi connectivity index (χ0n) is 10.1. The SMILES string of the molecule is CCNC(c1cc(Br)c(C)s1)C1CCCC1. The molecule has 1 saturated carbocycles. The first-order valence-corrected chi connectivity index (χ1v) is 7.82. The van der Waals surface area contributed by atoms with Crippen molar-refractivity contribution in [1.29, 1.82) is 0 Å². The first-order chi connectivity index (χ1) is 7.72. The Hall–Kier alpha value is 0.140. The van der Waals surface area contributed by atoms with Gasteiger partial charge >= 0.3 is 0 Å². The summed E-state index contributed by atoms with van der Waals surface area (Å²) in [6, 6.07) is 2.90. The number of thiophene rings is 1. The topological polar surface area (TPSA) is 12.0 Å². The lowest BCUT2D eigenvalue weighted by Gasteiger charge is -2.23. The maximum Gasteiger partial charge on any atom is 0.0443 e. The van der Waals surface area contributed by atoms with Gasteiger partial charge in [0.2, 0.25) is 0 Å². The fourth-order valence-electron chi connectivity index (χ4n) is 2.64. The lowest BCUT2D eigenvalue weighted by atomic mass is 9.97. The van der Waals surface area contributed by atoms with Gasteiger partial charge in [-0.1, -0.05) is 19.8 Å². The predicted molar refractivity (Wildman–Crippen MR) is 75.1 cm³/mol. The largest absolute Gasteiger partial charge is 0.309 e. The molecule has 1 aliphatic rings. The first-order valence-electron chi connectivity index (χ1n) is 6.21. The molecule has 2 rings (SSSR count). The van der Waals surface area contributed by atoms with Gasteiger partial charge in [-0.3, -0.25) is 0 Å². The van der Waals surface area contributed by atoms with E-state index in [1.807, 2.05) is 11.3 Å². The summed E-state index contributed by atoms with van der Waals surface area (Å²) in [6.45, 7) is 5.46. The minimum Gasteiger partial charge on any atom is -0.309 e. The van der Waals surface area contributed by atoms with Crippen molar-refractivity contribution in [3.05, 3.63) is 20.3 Å². The molecule has 1 fully saturated rings. The molecule has 3 heteroatoms. The van der Waals surface area contributed by atoms with Crippen LogP contribution in [0.25, 0.3) is 0 Å². The Morgan fingerprint density at radius 1 is 1.50 bits per heavy atom. The lowest BCUT2D eigenvalue weighted by molar-refractivity contribution is 0.379. The number of hydrogen-bond acceptors (Lipinski definition) is 2. The molecule has 0 aliphatic heterocycles. The van der Waals surface area contributed by atoms with Crippen LogP contribution in [-0.4, -0.2) is 6.54 Å². The van der Waals surface area contributed by atoms with Crippen LogP contribution >= 0.6 is 27.3 Å². The molecule has 16 heavy (non-hydrogen) atoms. The third kappa shape index (κ3) is 2.69. The Bertz CT molecular complexity index is 322. The van der Waals surface area contributed by atoms with Crippen LogP contribution in [0.3, 0.4) is 0 Å². The van der Waals surface area contributed by atoms with Crippen LogP contribution in [0.4, 0.5) is 0 Å². The summed E-state index contributed by atoms with van der Waals surface area (Å²) < 4.78 is 1.27. The van der Waals surface area contributed by atoms with Gasteiger partial charge in [0, 0.05) is 20.3 Å². The molecule has 0 saturated heterocycles. The third-order valence-electron chi connectivity index (χ3n) is 3.48. The van der Waals surface area contributed by atoms with Gasteiger partial charge in [0.25, 0.3) is 0 Å². The van der Waals surface area contributed by atoms with E-state index in [9.17, 15) is 0 Å². The van der Waals surface area contributed by atoms with Gasteiger partial charge in [-0.15, -0.1) is 11.3 Å². The molecule has 1 N–H and O–H groups in total. The normalized spacial score (nSPS) is 19.2. The highest BCUT2D eigenvalue weighted by molar-refractivity contribution is 9.10. The Morgan fingerprint density at radius 3 is 2.69 bits per heavy atom. The maximum absolute atomic E-state index is 3.67. The van der Waals surface area contributed by atoms with Crippen molar-refractivity contribution in [2.75, 3.05) is 6.54 Å². The zero-order chi connectivity index (χ0) is 11.5. The van der Waals surface area contributed by atoms with Crippen molar-refractivity contribution in [3.8, 4) is 0 Å². The number of nitrogens with one attached hydrogen (secondary N) is 1. The van der Waals surface area contributed by atoms with E-state index in [0.717, 1.165) is 12.5 Å². The van der Waals surface area contributed by atoms with Gasteiger partial charge in [-0.2, -0.15) is 0 Å². The van der Waals surface area contributed by atoms with E-state index in [1.54, 1.807) is 0 Å². The van der Waals surface area contributed by atoms with Crippen LogP contribution in [0.2, 0.25) is 0 Å². The van der Waals surface area contributed by atoms with Crippen molar-refractivity contribution in [2.24, 2.45) is 5.92 Å². The fraction of sp³-hybridized carbons (Fsp3) is 0.692.